The van der Waals surface area contributed by atoms with Crippen molar-refractivity contribution in [3.05, 3.63) is 100 Å². The summed E-state index contributed by atoms with van der Waals surface area (Å²) >= 11 is 17.7. The molecule has 3 aromatic carbocycles. The number of aromatic nitrogens is 3. The zero-order chi connectivity index (χ0) is 28.1. The Hall–Kier alpha value is -3.98. The molecule has 2 aromatic heterocycles. The van der Waals surface area contributed by atoms with Gasteiger partial charge in [0.05, 0.1) is 16.4 Å². The monoisotopic (exact) mass is 589 g/mol. The van der Waals surface area contributed by atoms with Crippen LogP contribution in [0.1, 0.15) is 31.1 Å². The van der Waals surface area contributed by atoms with Crippen LogP contribution in [0.25, 0.3) is 34.1 Å². The molecule has 0 fully saturated rings. The summed E-state index contributed by atoms with van der Waals surface area (Å²) < 4.78 is 5.78. The van der Waals surface area contributed by atoms with Crippen LogP contribution >= 0.6 is 35.4 Å². The highest BCUT2D eigenvalue weighted by Crippen LogP contribution is 2.27. The van der Waals surface area contributed by atoms with Gasteiger partial charge in [0.1, 0.15) is 22.6 Å². The second-order valence-electron chi connectivity index (χ2n) is 9.07. The predicted molar refractivity (Wildman–Crippen MR) is 165 cm³/mol. The fourth-order valence-electron chi connectivity index (χ4n) is 4.00. The van der Waals surface area contributed by atoms with E-state index < -0.39 is 5.91 Å². The summed E-state index contributed by atoms with van der Waals surface area (Å²) in [5, 5.41) is 15.8. The lowest BCUT2D eigenvalue weighted by Crippen LogP contribution is -2.32. The number of thiocarbonyl (C=S) groups is 1. The molecule has 0 aliphatic carbocycles. The van der Waals surface area contributed by atoms with E-state index in [9.17, 15) is 4.79 Å². The van der Waals surface area contributed by atoms with Crippen LogP contribution < -0.4 is 10.6 Å². The summed E-state index contributed by atoms with van der Waals surface area (Å²) in [6, 6.07) is 22.5. The smallest absolute Gasteiger partial charge is 0.250 e. The number of unbranched alkanes of at least 4 members (excludes halogenated alkanes) is 1. The molecule has 202 valence electrons. The average Bonchev–Trinajstić information content (AvgIpc) is 3.59. The number of nitrogens with zero attached hydrogens (tertiary/aromatic N) is 3. The molecule has 0 saturated carbocycles. The van der Waals surface area contributed by atoms with Gasteiger partial charge in [-0.2, -0.15) is 4.80 Å². The zero-order valence-electron chi connectivity index (χ0n) is 21.5. The molecule has 0 saturated heterocycles. The van der Waals surface area contributed by atoms with Crippen LogP contribution in [0.2, 0.25) is 10.0 Å². The van der Waals surface area contributed by atoms with Gasteiger partial charge in [0.25, 0.3) is 0 Å². The molecule has 0 atom stereocenters. The van der Waals surface area contributed by atoms with Crippen LogP contribution in [0.15, 0.2) is 83.3 Å². The largest absolute Gasteiger partial charge is 0.457 e. The highest BCUT2D eigenvalue weighted by Gasteiger charge is 2.12. The van der Waals surface area contributed by atoms with Crippen molar-refractivity contribution < 1.29 is 9.21 Å². The van der Waals surface area contributed by atoms with Crippen LogP contribution in [-0.4, -0.2) is 26.0 Å². The molecular formula is C30H25Cl2N5O2S. The van der Waals surface area contributed by atoms with Crippen molar-refractivity contribution in [2.75, 3.05) is 5.32 Å². The van der Waals surface area contributed by atoms with Gasteiger partial charge in [-0.1, -0.05) is 48.7 Å². The lowest BCUT2D eigenvalue weighted by atomic mass is 10.1. The highest BCUT2D eigenvalue weighted by atomic mass is 35.5. The Balaban J connectivity index is 1.21. The minimum absolute atomic E-state index is 0.0901. The summed E-state index contributed by atoms with van der Waals surface area (Å²) in [6.07, 6.45) is 6.27. The molecule has 2 heterocycles. The van der Waals surface area contributed by atoms with Gasteiger partial charge in [-0.15, -0.1) is 10.2 Å². The van der Waals surface area contributed by atoms with Crippen molar-refractivity contribution in [1.82, 2.24) is 20.3 Å². The number of carbonyl (C=O) groups excluding carboxylic acids is 1. The molecule has 10 heteroatoms. The first-order valence-electron chi connectivity index (χ1n) is 12.7. The van der Waals surface area contributed by atoms with Gasteiger partial charge in [-0.05, 0) is 97.4 Å². The van der Waals surface area contributed by atoms with Crippen molar-refractivity contribution in [3.8, 4) is 17.0 Å². The molecule has 5 aromatic rings. The van der Waals surface area contributed by atoms with Gasteiger partial charge in [0, 0.05) is 16.7 Å². The zero-order valence-corrected chi connectivity index (χ0v) is 23.9. The molecule has 7 nitrogen and oxygen atoms in total. The number of hydrogen-bond acceptors (Lipinski definition) is 5. The van der Waals surface area contributed by atoms with Crippen molar-refractivity contribution in [1.29, 1.82) is 0 Å². The fraction of sp³-hybridized carbons (Fsp3) is 0.133. The minimum atomic E-state index is -0.424. The topological polar surface area (TPSA) is 85.0 Å². The number of anilines is 1. The molecule has 0 aliphatic rings. The Morgan fingerprint density at radius 2 is 1.73 bits per heavy atom. The first kappa shape index (κ1) is 27.6. The third kappa shape index (κ3) is 6.77. The molecule has 5 rings (SSSR count). The van der Waals surface area contributed by atoms with Gasteiger partial charge in [0.15, 0.2) is 5.11 Å². The second kappa shape index (κ2) is 12.5. The Labute approximate surface area is 246 Å². The summed E-state index contributed by atoms with van der Waals surface area (Å²) in [5.74, 6) is 0.762. The summed E-state index contributed by atoms with van der Waals surface area (Å²) in [5.41, 5.74) is 4.80. The number of halogens is 2. The predicted octanol–water partition coefficient (Wildman–Crippen LogP) is 7.86. The van der Waals surface area contributed by atoms with Crippen molar-refractivity contribution in [2.24, 2.45) is 0 Å². The Bertz CT molecular complexity index is 1690. The number of furan rings is 1. The number of amides is 1. The van der Waals surface area contributed by atoms with Crippen LogP contribution in [0.3, 0.4) is 0 Å². The molecular weight excluding hydrogens is 565 g/mol. The lowest BCUT2D eigenvalue weighted by molar-refractivity contribution is -0.115. The third-order valence-electron chi connectivity index (χ3n) is 6.09. The standard InChI is InChI=1S/C30H25Cl2N5O2S/c1-2-3-4-19-5-11-22(12-6-19)37-35-26-17-24(32)25(18-27(26)36-37)33-30(40)34-29(38)16-14-23-13-15-28(39-23)20-7-9-21(31)10-8-20/h5-18H,2-4H2,1H3,(H2,33,34,38,40). The van der Waals surface area contributed by atoms with Gasteiger partial charge in [-0.25, -0.2) is 0 Å². The molecule has 2 N–H and O–H groups in total. The van der Waals surface area contributed by atoms with E-state index in [1.165, 1.54) is 11.6 Å². The summed E-state index contributed by atoms with van der Waals surface area (Å²) in [7, 11) is 0. The minimum Gasteiger partial charge on any atom is -0.457 e. The highest BCUT2D eigenvalue weighted by molar-refractivity contribution is 7.80. The molecule has 0 bridgehead atoms. The summed E-state index contributed by atoms with van der Waals surface area (Å²) in [6.45, 7) is 2.18. The third-order valence-corrected chi connectivity index (χ3v) is 6.86. The number of carbonyl (C=O) groups is 1. The van der Waals surface area contributed by atoms with Gasteiger partial charge >= 0.3 is 0 Å². The molecule has 0 radical (unpaired) electrons. The van der Waals surface area contributed by atoms with E-state index in [1.807, 2.05) is 30.3 Å². The van der Waals surface area contributed by atoms with Crippen molar-refractivity contribution in [2.45, 2.75) is 26.2 Å². The second-order valence-corrected chi connectivity index (χ2v) is 10.3. The van der Waals surface area contributed by atoms with E-state index in [-0.39, 0.29) is 5.11 Å². The van der Waals surface area contributed by atoms with Crippen LogP contribution in [-0.2, 0) is 11.2 Å². The van der Waals surface area contributed by atoms with Gasteiger partial charge < -0.3 is 9.73 Å². The number of aryl methyl sites for hydroxylation is 1. The first-order valence-corrected chi connectivity index (χ1v) is 13.9. The number of benzene rings is 3. The maximum Gasteiger partial charge on any atom is 0.250 e. The van der Waals surface area contributed by atoms with Gasteiger partial charge in [0.2, 0.25) is 5.91 Å². The lowest BCUT2D eigenvalue weighted by Gasteiger charge is -2.09. The molecule has 0 unspecified atom stereocenters. The number of rotatable bonds is 8. The average molecular weight is 591 g/mol. The number of nitrogens with one attached hydrogen (secondary N) is 2. The van der Waals surface area contributed by atoms with E-state index in [0.29, 0.717) is 38.3 Å². The quantitative estimate of drug-likeness (QED) is 0.141. The number of hydrogen-bond donors (Lipinski definition) is 2. The molecule has 0 aliphatic heterocycles. The normalized spacial score (nSPS) is 11.3. The Morgan fingerprint density at radius 1 is 1.00 bits per heavy atom. The van der Waals surface area contributed by atoms with Crippen LogP contribution in [0, 0.1) is 0 Å². The Morgan fingerprint density at radius 3 is 2.45 bits per heavy atom. The maximum atomic E-state index is 12.4. The van der Waals surface area contributed by atoms with Crippen molar-refractivity contribution in [3.63, 3.8) is 0 Å². The maximum absolute atomic E-state index is 12.4. The first-order chi connectivity index (χ1) is 19.4. The van der Waals surface area contributed by atoms with Crippen LogP contribution in [0.5, 0.6) is 0 Å². The summed E-state index contributed by atoms with van der Waals surface area (Å²) in [4.78, 5) is 14.0. The van der Waals surface area contributed by atoms with E-state index >= 15 is 0 Å². The van der Waals surface area contributed by atoms with E-state index in [4.69, 9.17) is 39.8 Å². The van der Waals surface area contributed by atoms with E-state index in [2.05, 4.69) is 39.9 Å². The van der Waals surface area contributed by atoms with E-state index in [0.717, 1.165) is 30.5 Å². The SMILES string of the molecule is CCCCc1ccc(-n2nc3cc(Cl)c(NC(=S)NC(=O)C=Cc4ccc(-c5ccc(Cl)cc5)o4)cc3n2)cc1. The molecule has 40 heavy (non-hydrogen) atoms. The molecule has 0 spiro atoms. The fourth-order valence-corrected chi connectivity index (χ4v) is 4.54. The van der Waals surface area contributed by atoms with Gasteiger partial charge in [-0.3, -0.25) is 10.1 Å². The van der Waals surface area contributed by atoms with Crippen LogP contribution in [0.4, 0.5) is 5.69 Å². The van der Waals surface area contributed by atoms with E-state index in [1.54, 1.807) is 41.2 Å². The number of fused-ring (bicyclic) bond motifs is 1. The Kier molecular flexibility index (Phi) is 8.60. The van der Waals surface area contributed by atoms with Crippen molar-refractivity contribution >= 4 is 69.2 Å². The molecule has 1 amide bonds.